The maximum Gasteiger partial charge on any atom is 0.241 e. The molecule has 100 valence electrons. The summed E-state index contributed by atoms with van der Waals surface area (Å²) in [6.07, 6.45) is 0.0495. The molecule has 0 radical (unpaired) electrons. The highest BCUT2D eigenvalue weighted by molar-refractivity contribution is 6.30. The number of amides is 1. The summed E-state index contributed by atoms with van der Waals surface area (Å²) < 4.78 is 0. The second-order valence-electron chi connectivity index (χ2n) is 3.80. The van der Waals surface area contributed by atoms with Crippen LogP contribution >= 0.6 is 11.6 Å². The van der Waals surface area contributed by atoms with Gasteiger partial charge in [0, 0.05) is 10.7 Å². The first-order chi connectivity index (χ1) is 9.17. The van der Waals surface area contributed by atoms with E-state index in [9.17, 15) is 4.79 Å². The molecule has 1 aromatic carbocycles. The predicted molar refractivity (Wildman–Crippen MR) is 71.2 cm³/mol. The molecule has 0 aliphatic carbocycles. The van der Waals surface area contributed by atoms with Crippen LogP contribution in [0.25, 0.3) is 0 Å². The fourth-order valence-corrected chi connectivity index (χ4v) is 1.57. The minimum Gasteiger partial charge on any atom is -0.378 e. The van der Waals surface area contributed by atoms with Crippen molar-refractivity contribution in [3.8, 4) is 0 Å². The Balaban J connectivity index is 1.89. The van der Waals surface area contributed by atoms with Crippen molar-refractivity contribution in [2.45, 2.75) is 13.0 Å². The molecule has 0 aliphatic rings. The number of aromatic nitrogens is 3. The molecule has 0 saturated heterocycles. The maximum absolute atomic E-state index is 11.0. The Hall–Kier alpha value is -2.12. The average molecular weight is 281 g/mol. The van der Waals surface area contributed by atoms with E-state index in [1.54, 1.807) is 12.1 Å². The van der Waals surface area contributed by atoms with Gasteiger partial charge in [-0.05, 0) is 24.3 Å². The fraction of sp³-hybridized carbons (Fsp3) is 0.182. The summed E-state index contributed by atoms with van der Waals surface area (Å²) in [6, 6.07) is 7.31. The standard InChI is InChI=1S/C11H13ClN6O/c12-7-1-3-8(4-2-7)14-6-10-15-9(17-18-10)5-11(19)16-13/h1-4,14H,5-6,13H2,(H,16,19)(H,15,17,18). The largest absolute Gasteiger partial charge is 0.378 e. The third kappa shape index (κ3) is 3.94. The third-order valence-corrected chi connectivity index (χ3v) is 2.61. The quantitative estimate of drug-likeness (QED) is 0.364. The Kier molecular flexibility index (Phi) is 4.32. The normalized spacial score (nSPS) is 10.2. The van der Waals surface area contributed by atoms with Crippen LogP contribution in [0.5, 0.6) is 0 Å². The first-order valence-corrected chi connectivity index (χ1v) is 5.94. The summed E-state index contributed by atoms with van der Waals surface area (Å²) in [6.45, 7) is 0.471. The van der Waals surface area contributed by atoms with E-state index in [-0.39, 0.29) is 12.3 Å². The van der Waals surface area contributed by atoms with Crippen molar-refractivity contribution in [3.63, 3.8) is 0 Å². The van der Waals surface area contributed by atoms with E-state index in [1.807, 2.05) is 17.6 Å². The molecule has 19 heavy (non-hydrogen) atoms. The highest BCUT2D eigenvalue weighted by Crippen LogP contribution is 2.13. The molecule has 0 fully saturated rings. The SMILES string of the molecule is NNC(=O)Cc1n[nH]c(CNc2ccc(Cl)cc2)n1. The number of carbonyl (C=O) groups excluding carboxylic acids is 1. The van der Waals surface area contributed by atoms with Crippen molar-refractivity contribution in [2.24, 2.45) is 5.84 Å². The lowest BCUT2D eigenvalue weighted by Gasteiger charge is -2.03. The van der Waals surface area contributed by atoms with E-state index < -0.39 is 0 Å². The van der Waals surface area contributed by atoms with Crippen LogP contribution in [0.1, 0.15) is 11.6 Å². The summed E-state index contributed by atoms with van der Waals surface area (Å²) in [5.41, 5.74) is 2.94. The second kappa shape index (κ2) is 6.17. The summed E-state index contributed by atoms with van der Waals surface area (Å²) in [5.74, 6) is 5.68. The van der Waals surface area contributed by atoms with Gasteiger partial charge in [-0.3, -0.25) is 15.3 Å². The average Bonchev–Trinajstić information content (AvgIpc) is 2.85. The molecule has 0 aliphatic heterocycles. The molecule has 2 rings (SSSR count). The lowest BCUT2D eigenvalue weighted by Crippen LogP contribution is -2.31. The molecular weight excluding hydrogens is 268 g/mol. The van der Waals surface area contributed by atoms with E-state index in [4.69, 9.17) is 17.4 Å². The molecule has 2 aromatic rings. The van der Waals surface area contributed by atoms with Crippen LogP contribution in [0.3, 0.4) is 0 Å². The monoisotopic (exact) mass is 280 g/mol. The van der Waals surface area contributed by atoms with Crippen molar-refractivity contribution in [1.29, 1.82) is 0 Å². The van der Waals surface area contributed by atoms with Crippen LogP contribution in [0.15, 0.2) is 24.3 Å². The van der Waals surface area contributed by atoms with Crippen LogP contribution in [0.4, 0.5) is 5.69 Å². The number of nitrogens with two attached hydrogens (primary N) is 1. The van der Waals surface area contributed by atoms with Gasteiger partial charge in [-0.25, -0.2) is 10.8 Å². The van der Waals surface area contributed by atoms with Gasteiger partial charge in [0.25, 0.3) is 0 Å². The molecule has 0 atom stereocenters. The van der Waals surface area contributed by atoms with Crippen molar-refractivity contribution in [3.05, 3.63) is 40.9 Å². The number of hydrogen-bond acceptors (Lipinski definition) is 5. The zero-order valence-electron chi connectivity index (χ0n) is 9.98. The first-order valence-electron chi connectivity index (χ1n) is 5.56. The zero-order chi connectivity index (χ0) is 13.7. The molecule has 1 heterocycles. The number of hydrogen-bond donors (Lipinski definition) is 4. The topological polar surface area (TPSA) is 109 Å². The summed E-state index contributed by atoms with van der Waals surface area (Å²) >= 11 is 5.79. The second-order valence-corrected chi connectivity index (χ2v) is 4.24. The predicted octanol–water partition coefficient (Wildman–Crippen LogP) is 0.603. The van der Waals surface area contributed by atoms with Crippen LogP contribution in [0, 0.1) is 0 Å². The molecular formula is C11H13ClN6O. The zero-order valence-corrected chi connectivity index (χ0v) is 10.7. The molecule has 0 spiro atoms. The Morgan fingerprint density at radius 2 is 2.11 bits per heavy atom. The first kappa shape index (κ1) is 13.3. The highest BCUT2D eigenvalue weighted by atomic mass is 35.5. The van der Waals surface area contributed by atoms with Crippen LogP contribution < -0.4 is 16.6 Å². The van der Waals surface area contributed by atoms with Gasteiger partial charge in [-0.15, -0.1) is 0 Å². The van der Waals surface area contributed by atoms with Crippen LogP contribution in [0.2, 0.25) is 5.02 Å². The smallest absolute Gasteiger partial charge is 0.241 e. The van der Waals surface area contributed by atoms with Gasteiger partial charge < -0.3 is 5.32 Å². The number of carbonyl (C=O) groups is 1. The number of nitrogens with one attached hydrogen (secondary N) is 3. The number of benzene rings is 1. The Bertz CT molecular complexity index is 553. The summed E-state index contributed by atoms with van der Waals surface area (Å²) in [4.78, 5) is 15.2. The van der Waals surface area contributed by atoms with Gasteiger partial charge >= 0.3 is 0 Å². The van der Waals surface area contributed by atoms with Crippen LogP contribution in [-0.2, 0) is 17.8 Å². The van der Waals surface area contributed by atoms with Crippen molar-refractivity contribution in [2.75, 3.05) is 5.32 Å². The molecule has 1 aromatic heterocycles. The minimum absolute atomic E-state index is 0.0495. The van der Waals surface area contributed by atoms with E-state index in [0.717, 1.165) is 5.69 Å². The van der Waals surface area contributed by atoms with Gasteiger partial charge in [-0.1, -0.05) is 11.6 Å². The fourth-order valence-electron chi connectivity index (χ4n) is 1.44. The Morgan fingerprint density at radius 1 is 1.37 bits per heavy atom. The van der Waals surface area contributed by atoms with Gasteiger partial charge in [0.1, 0.15) is 5.82 Å². The van der Waals surface area contributed by atoms with Gasteiger partial charge in [0.05, 0.1) is 13.0 Å². The summed E-state index contributed by atoms with van der Waals surface area (Å²) in [5, 5.41) is 10.5. The highest BCUT2D eigenvalue weighted by Gasteiger charge is 2.07. The maximum atomic E-state index is 11.0. The number of hydrazine groups is 1. The van der Waals surface area contributed by atoms with E-state index in [2.05, 4.69) is 20.5 Å². The number of nitrogens with zero attached hydrogens (tertiary/aromatic N) is 2. The van der Waals surface area contributed by atoms with Gasteiger partial charge in [-0.2, -0.15) is 5.10 Å². The van der Waals surface area contributed by atoms with Gasteiger partial charge in [0.2, 0.25) is 5.91 Å². The van der Waals surface area contributed by atoms with Crippen molar-refractivity contribution >= 4 is 23.2 Å². The minimum atomic E-state index is -0.337. The number of H-pyrrole nitrogens is 1. The molecule has 1 amide bonds. The molecule has 8 heteroatoms. The molecule has 0 bridgehead atoms. The summed E-state index contributed by atoms with van der Waals surface area (Å²) in [7, 11) is 0. The van der Waals surface area contributed by atoms with Gasteiger partial charge in [0.15, 0.2) is 5.82 Å². The molecule has 0 unspecified atom stereocenters. The Morgan fingerprint density at radius 3 is 2.79 bits per heavy atom. The lowest BCUT2D eigenvalue weighted by atomic mass is 10.3. The number of aromatic amines is 1. The third-order valence-electron chi connectivity index (χ3n) is 2.36. The van der Waals surface area contributed by atoms with E-state index in [1.165, 1.54) is 0 Å². The van der Waals surface area contributed by atoms with Crippen LogP contribution in [-0.4, -0.2) is 21.1 Å². The van der Waals surface area contributed by atoms with E-state index >= 15 is 0 Å². The van der Waals surface area contributed by atoms with Crippen molar-refractivity contribution in [1.82, 2.24) is 20.6 Å². The Labute approximate surface area is 114 Å². The number of rotatable bonds is 5. The molecule has 7 nitrogen and oxygen atoms in total. The van der Waals surface area contributed by atoms with E-state index in [0.29, 0.717) is 23.2 Å². The molecule has 5 N–H and O–H groups in total. The molecule has 0 saturated carbocycles. The lowest BCUT2D eigenvalue weighted by molar-refractivity contribution is -0.120. The number of halogens is 1. The van der Waals surface area contributed by atoms with Crippen molar-refractivity contribution < 1.29 is 4.79 Å². The number of anilines is 1.